The molecule has 0 aliphatic rings. The lowest BCUT2D eigenvalue weighted by atomic mass is 10.2. The molecule has 0 aliphatic carbocycles. The highest BCUT2D eigenvalue weighted by Crippen LogP contribution is 2.22. The zero-order valence-corrected chi connectivity index (χ0v) is 8.82. The van der Waals surface area contributed by atoms with Gasteiger partial charge in [0, 0.05) is 6.07 Å². The summed E-state index contributed by atoms with van der Waals surface area (Å²) in [6.07, 6.45) is 0.875. The van der Waals surface area contributed by atoms with Crippen molar-refractivity contribution in [2.45, 2.75) is 13.3 Å². The third-order valence-electron chi connectivity index (χ3n) is 1.84. The molecule has 0 spiro atoms. The van der Waals surface area contributed by atoms with Crippen molar-refractivity contribution in [3.63, 3.8) is 0 Å². The number of carbonyl (C=O) groups is 1. The normalized spacial score (nSPS) is 9.73. The molecule has 1 rings (SSSR count). The van der Waals surface area contributed by atoms with E-state index in [9.17, 15) is 4.79 Å². The van der Waals surface area contributed by atoms with Crippen LogP contribution in [-0.2, 0) is 0 Å². The lowest BCUT2D eigenvalue weighted by Gasteiger charge is -2.08. The Morgan fingerprint density at radius 1 is 1.33 bits per heavy atom. The third kappa shape index (κ3) is 3.16. The van der Waals surface area contributed by atoms with E-state index in [1.165, 1.54) is 19.2 Å². The molecule has 1 aromatic carbocycles. The van der Waals surface area contributed by atoms with E-state index in [0.29, 0.717) is 18.1 Å². The van der Waals surface area contributed by atoms with Crippen LogP contribution in [0.1, 0.15) is 23.7 Å². The van der Waals surface area contributed by atoms with Gasteiger partial charge < -0.3 is 14.6 Å². The van der Waals surface area contributed by atoms with Gasteiger partial charge in [-0.25, -0.2) is 4.79 Å². The van der Waals surface area contributed by atoms with Crippen molar-refractivity contribution in [1.82, 2.24) is 0 Å². The van der Waals surface area contributed by atoms with Crippen LogP contribution in [0.2, 0.25) is 0 Å². The summed E-state index contributed by atoms with van der Waals surface area (Å²) in [7, 11) is 1.49. The second kappa shape index (κ2) is 5.24. The minimum absolute atomic E-state index is 0.167. The minimum Gasteiger partial charge on any atom is -0.497 e. The highest BCUT2D eigenvalue weighted by molar-refractivity contribution is 5.88. The molecule has 0 unspecified atom stereocenters. The van der Waals surface area contributed by atoms with Crippen LogP contribution in [0.25, 0.3) is 0 Å². The summed E-state index contributed by atoms with van der Waals surface area (Å²) in [5.41, 5.74) is 0.167. The van der Waals surface area contributed by atoms with Crippen molar-refractivity contribution in [2.75, 3.05) is 13.7 Å². The van der Waals surface area contributed by atoms with Gasteiger partial charge in [-0.15, -0.1) is 0 Å². The highest BCUT2D eigenvalue weighted by atomic mass is 16.5. The zero-order chi connectivity index (χ0) is 11.3. The van der Waals surface area contributed by atoms with E-state index >= 15 is 0 Å². The summed E-state index contributed by atoms with van der Waals surface area (Å²) in [6.45, 7) is 2.55. The molecular weight excluding hydrogens is 196 g/mol. The monoisotopic (exact) mass is 210 g/mol. The van der Waals surface area contributed by atoms with Crippen LogP contribution in [-0.4, -0.2) is 24.8 Å². The number of carboxylic acid groups (broad SMARTS) is 1. The molecule has 0 aliphatic heterocycles. The molecular formula is C11H14O4. The Hall–Kier alpha value is -1.71. The summed E-state index contributed by atoms with van der Waals surface area (Å²) in [5.74, 6) is 0.0184. The molecule has 0 radical (unpaired) electrons. The zero-order valence-electron chi connectivity index (χ0n) is 8.82. The van der Waals surface area contributed by atoms with E-state index in [-0.39, 0.29) is 5.56 Å². The van der Waals surface area contributed by atoms with Gasteiger partial charge in [-0.2, -0.15) is 0 Å². The molecule has 15 heavy (non-hydrogen) atoms. The maximum atomic E-state index is 10.8. The van der Waals surface area contributed by atoms with Crippen LogP contribution >= 0.6 is 0 Å². The van der Waals surface area contributed by atoms with E-state index in [1.54, 1.807) is 6.07 Å². The number of ether oxygens (including phenoxy) is 2. The minimum atomic E-state index is -0.991. The smallest absolute Gasteiger partial charge is 0.335 e. The van der Waals surface area contributed by atoms with Crippen molar-refractivity contribution in [1.29, 1.82) is 0 Å². The van der Waals surface area contributed by atoms with Gasteiger partial charge in [-0.3, -0.25) is 0 Å². The van der Waals surface area contributed by atoms with E-state index in [1.807, 2.05) is 6.92 Å². The quantitative estimate of drug-likeness (QED) is 0.809. The fourth-order valence-corrected chi connectivity index (χ4v) is 1.12. The number of carboxylic acids is 1. The van der Waals surface area contributed by atoms with Gasteiger partial charge in [0.05, 0.1) is 19.3 Å². The number of hydrogen-bond acceptors (Lipinski definition) is 3. The molecule has 0 saturated heterocycles. The van der Waals surface area contributed by atoms with Gasteiger partial charge in [-0.05, 0) is 18.6 Å². The Bertz CT molecular complexity index is 346. The van der Waals surface area contributed by atoms with E-state index in [4.69, 9.17) is 14.6 Å². The predicted octanol–water partition coefficient (Wildman–Crippen LogP) is 2.18. The molecule has 0 heterocycles. The molecule has 0 bridgehead atoms. The maximum Gasteiger partial charge on any atom is 0.335 e. The summed E-state index contributed by atoms with van der Waals surface area (Å²) >= 11 is 0. The predicted molar refractivity (Wildman–Crippen MR) is 55.7 cm³/mol. The topological polar surface area (TPSA) is 55.8 Å². The Morgan fingerprint density at radius 2 is 2.00 bits per heavy atom. The Kier molecular flexibility index (Phi) is 3.97. The first-order valence-electron chi connectivity index (χ1n) is 4.72. The van der Waals surface area contributed by atoms with Crippen molar-refractivity contribution < 1.29 is 19.4 Å². The van der Waals surface area contributed by atoms with Gasteiger partial charge in [0.25, 0.3) is 0 Å². The molecule has 0 saturated carbocycles. The molecule has 1 N–H and O–H groups in total. The number of benzene rings is 1. The lowest BCUT2D eigenvalue weighted by molar-refractivity contribution is 0.0696. The van der Waals surface area contributed by atoms with E-state index in [0.717, 1.165) is 6.42 Å². The first-order valence-corrected chi connectivity index (χ1v) is 4.72. The summed E-state index contributed by atoms with van der Waals surface area (Å²) < 4.78 is 10.3. The van der Waals surface area contributed by atoms with Crippen molar-refractivity contribution >= 4 is 5.97 Å². The number of methoxy groups -OCH3 is 1. The maximum absolute atomic E-state index is 10.8. The summed E-state index contributed by atoms with van der Waals surface area (Å²) in [4.78, 5) is 10.8. The Morgan fingerprint density at radius 3 is 2.53 bits per heavy atom. The van der Waals surface area contributed by atoms with E-state index < -0.39 is 5.97 Å². The largest absolute Gasteiger partial charge is 0.497 e. The summed E-state index contributed by atoms with van der Waals surface area (Å²) in [5, 5.41) is 8.84. The molecule has 1 aromatic rings. The van der Waals surface area contributed by atoms with Crippen LogP contribution < -0.4 is 9.47 Å². The number of hydrogen-bond donors (Lipinski definition) is 1. The second-order valence-electron chi connectivity index (χ2n) is 3.05. The fraction of sp³-hybridized carbons (Fsp3) is 0.364. The lowest BCUT2D eigenvalue weighted by Crippen LogP contribution is -2.00. The van der Waals surface area contributed by atoms with Crippen LogP contribution in [0, 0.1) is 0 Å². The molecule has 0 aromatic heterocycles. The van der Waals surface area contributed by atoms with Crippen LogP contribution in [0.4, 0.5) is 0 Å². The van der Waals surface area contributed by atoms with Gasteiger partial charge >= 0.3 is 5.97 Å². The van der Waals surface area contributed by atoms with Gasteiger partial charge in [0.15, 0.2) is 0 Å². The second-order valence-corrected chi connectivity index (χ2v) is 3.05. The van der Waals surface area contributed by atoms with Gasteiger partial charge in [0.1, 0.15) is 11.5 Å². The Labute approximate surface area is 88.4 Å². The third-order valence-corrected chi connectivity index (χ3v) is 1.84. The van der Waals surface area contributed by atoms with Gasteiger partial charge in [-0.1, -0.05) is 6.92 Å². The molecule has 4 heteroatoms. The molecule has 0 amide bonds. The van der Waals surface area contributed by atoms with Crippen molar-refractivity contribution in [2.24, 2.45) is 0 Å². The summed E-state index contributed by atoms with van der Waals surface area (Å²) in [6, 6.07) is 4.61. The van der Waals surface area contributed by atoms with Crippen LogP contribution in [0.3, 0.4) is 0 Å². The highest BCUT2D eigenvalue weighted by Gasteiger charge is 2.07. The fourth-order valence-electron chi connectivity index (χ4n) is 1.12. The van der Waals surface area contributed by atoms with E-state index in [2.05, 4.69) is 0 Å². The average Bonchev–Trinajstić information content (AvgIpc) is 2.25. The molecule has 82 valence electrons. The first kappa shape index (κ1) is 11.4. The SMILES string of the molecule is CCCOc1cc(OC)cc(C(=O)O)c1. The number of aromatic carboxylic acids is 1. The van der Waals surface area contributed by atoms with Crippen LogP contribution in [0.15, 0.2) is 18.2 Å². The average molecular weight is 210 g/mol. The number of rotatable bonds is 5. The molecule has 0 fully saturated rings. The van der Waals surface area contributed by atoms with Crippen molar-refractivity contribution in [3.8, 4) is 11.5 Å². The Balaban J connectivity index is 2.95. The van der Waals surface area contributed by atoms with Crippen molar-refractivity contribution in [3.05, 3.63) is 23.8 Å². The molecule has 4 nitrogen and oxygen atoms in total. The van der Waals surface area contributed by atoms with Crippen LogP contribution in [0.5, 0.6) is 11.5 Å². The first-order chi connectivity index (χ1) is 7.17. The van der Waals surface area contributed by atoms with Gasteiger partial charge in [0.2, 0.25) is 0 Å². The standard InChI is InChI=1S/C11H14O4/c1-3-4-15-10-6-8(11(12)13)5-9(7-10)14-2/h5-7H,3-4H2,1-2H3,(H,12,13). The molecule has 0 atom stereocenters.